The van der Waals surface area contributed by atoms with E-state index in [0.717, 1.165) is 12.0 Å². The van der Waals surface area contributed by atoms with Gasteiger partial charge in [0.1, 0.15) is 5.82 Å². The third-order valence-corrected chi connectivity index (χ3v) is 2.24. The van der Waals surface area contributed by atoms with Gasteiger partial charge in [-0.25, -0.2) is 4.39 Å². The van der Waals surface area contributed by atoms with Crippen LogP contribution >= 0.6 is 0 Å². The predicted molar refractivity (Wildman–Crippen MR) is 60.5 cm³/mol. The first kappa shape index (κ1) is 22.4. The summed E-state index contributed by atoms with van der Waals surface area (Å²) in [7, 11) is 0. The molecule has 0 nitrogen and oxygen atoms in total. The minimum absolute atomic E-state index is 0. The molecule has 0 aromatic heterocycles. The zero-order valence-electron chi connectivity index (χ0n) is 10.1. The van der Waals surface area contributed by atoms with E-state index in [-0.39, 0.29) is 75.5 Å². The van der Waals surface area contributed by atoms with Crippen LogP contribution in [0.4, 0.5) is 4.39 Å². The normalized spacial score (nSPS) is 8.44. The van der Waals surface area contributed by atoms with Crippen molar-refractivity contribution in [2.75, 3.05) is 0 Å². The molecule has 0 spiro atoms. The zero-order chi connectivity index (χ0) is 9.68. The molecule has 0 saturated carbocycles. The molecule has 0 aliphatic heterocycles. The van der Waals surface area contributed by atoms with Crippen LogP contribution in [0, 0.1) is 82.4 Å². The Morgan fingerprint density at radius 2 is 1.88 bits per heavy atom. The monoisotopic (exact) mass is 670 g/mol. The Morgan fingerprint density at radius 1 is 1.25 bits per heavy atom. The molecule has 0 N–H and O–H groups in total. The molecule has 3 heteroatoms. The van der Waals surface area contributed by atoms with Crippen molar-refractivity contribution in [2.24, 2.45) is 0 Å². The van der Waals surface area contributed by atoms with E-state index in [1.54, 1.807) is 6.07 Å². The van der Waals surface area contributed by atoms with E-state index in [1.807, 2.05) is 6.07 Å². The third-order valence-electron chi connectivity index (χ3n) is 2.24. The van der Waals surface area contributed by atoms with E-state index in [4.69, 9.17) is 0 Å². The third kappa shape index (κ3) is 7.55. The maximum atomic E-state index is 12.8. The van der Waals surface area contributed by atoms with Crippen LogP contribution < -0.4 is 0 Å². The second-order valence-corrected chi connectivity index (χ2v) is 3.27. The quantitative estimate of drug-likeness (QED) is 0.426. The van der Waals surface area contributed by atoms with Gasteiger partial charge in [0.05, 0.1) is 0 Å². The molecule has 0 fully saturated rings. The van der Waals surface area contributed by atoms with Crippen molar-refractivity contribution < 1.29 is 66.6 Å². The van der Waals surface area contributed by atoms with Crippen LogP contribution in [-0.4, -0.2) is 0 Å². The van der Waals surface area contributed by atoms with Crippen molar-refractivity contribution in [3.05, 3.63) is 49.5 Å². The van der Waals surface area contributed by atoms with E-state index < -0.39 is 0 Å². The molecule has 0 saturated heterocycles. The summed E-state index contributed by atoms with van der Waals surface area (Å²) in [6.45, 7) is 5.96. The molecule has 1 aromatic rings. The summed E-state index contributed by atoms with van der Waals surface area (Å²) in [5.41, 5.74) is 2.30. The Hall–Kier alpha value is 1.25. The molecule has 1 rings (SSSR count). The Bertz CT molecular complexity index is 275. The van der Waals surface area contributed by atoms with Crippen LogP contribution in [0.1, 0.15) is 30.9 Å². The molecule has 0 aliphatic carbocycles. The van der Waals surface area contributed by atoms with Crippen molar-refractivity contribution in [3.8, 4) is 0 Å². The molecule has 86 valence electrons. The number of rotatable bonds is 4. The average molecular weight is 670 g/mol. The smallest absolute Gasteiger partial charge is 0.358 e. The van der Waals surface area contributed by atoms with Gasteiger partial charge in [-0.05, 0) is 30.5 Å². The Labute approximate surface area is 147 Å². The summed E-state index contributed by atoms with van der Waals surface area (Å²) in [5.74, 6) is -0.154. The van der Waals surface area contributed by atoms with Gasteiger partial charge in [-0.15, -0.1) is 0 Å². The van der Waals surface area contributed by atoms with Crippen molar-refractivity contribution in [2.45, 2.75) is 32.6 Å². The molecule has 1 aromatic carbocycles. The zero-order valence-corrected chi connectivity index (χ0v) is 18.5. The maximum Gasteiger partial charge on any atom is 2.00 e. The summed E-state index contributed by atoms with van der Waals surface area (Å²) in [5, 5.41) is 0. The predicted octanol–water partition coefficient (Wildman–Crippen LogP) is 4.00. The van der Waals surface area contributed by atoms with Gasteiger partial charge < -0.3 is 14.4 Å². The molecule has 0 radical (unpaired) electrons. The first-order valence-electron chi connectivity index (χ1n) is 4.84. The van der Waals surface area contributed by atoms with Crippen molar-refractivity contribution in [3.63, 3.8) is 0 Å². The van der Waals surface area contributed by atoms with Gasteiger partial charge >= 0.3 is 31.1 Å². The minimum atomic E-state index is -0.154. The number of hydrogen-bond acceptors (Lipinski definition) is 0. The van der Waals surface area contributed by atoms with Crippen LogP contribution in [0.3, 0.4) is 0 Å². The van der Waals surface area contributed by atoms with Gasteiger partial charge in [-0.1, -0.05) is 25.0 Å². The van der Waals surface area contributed by atoms with Crippen LogP contribution in [0.25, 0.3) is 0 Å². The molecule has 0 atom stereocenters. The number of unbranched alkanes of at least 4 members (excludes halogenated alkanes) is 1. The maximum absolute atomic E-state index is 12.8. The Kier molecular flexibility index (Phi) is 17.8. The summed E-state index contributed by atoms with van der Waals surface area (Å²) in [6, 6.07) is 5.01. The van der Waals surface area contributed by atoms with Gasteiger partial charge in [-0.2, -0.15) is 6.42 Å². The largest absolute Gasteiger partial charge is 2.00 e. The summed E-state index contributed by atoms with van der Waals surface area (Å²) < 4.78 is 12.8. The summed E-state index contributed by atoms with van der Waals surface area (Å²) in [4.78, 5) is 0. The standard InChI is InChI=1S/C12H16F.CH3.2U/c1-3-5-6-11-7-8-12(13)9-10(11)4-2;;;/h7-9H,2-6H2,1H3;1H3;;/q2*-1;;+2. The molecule has 0 amide bonds. The number of hydrogen-bond donors (Lipinski definition) is 0. The van der Waals surface area contributed by atoms with Crippen LogP contribution in [-0.2, 0) is 12.8 Å². The van der Waals surface area contributed by atoms with E-state index in [2.05, 4.69) is 13.8 Å². The molecule has 0 heterocycles. The second-order valence-electron chi connectivity index (χ2n) is 3.27. The van der Waals surface area contributed by atoms with Crippen LogP contribution in [0.2, 0.25) is 0 Å². The van der Waals surface area contributed by atoms with E-state index >= 15 is 0 Å². The van der Waals surface area contributed by atoms with Crippen molar-refractivity contribution in [1.82, 2.24) is 0 Å². The van der Waals surface area contributed by atoms with Gasteiger partial charge in [-0.3, -0.25) is 0 Å². The van der Waals surface area contributed by atoms with Crippen molar-refractivity contribution >= 4 is 0 Å². The number of halogens is 1. The van der Waals surface area contributed by atoms with Crippen LogP contribution in [0.15, 0.2) is 18.2 Å². The first-order valence-corrected chi connectivity index (χ1v) is 4.84. The SMILES string of the molecule is [CH2-]Cc1cc(F)ccc1CCCC.[CH3-].[U+2].[U]. The first-order chi connectivity index (χ1) is 6.27. The minimum Gasteiger partial charge on any atom is -0.358 e. The summed E-state index contributed by atoms with van der Waals surface area (Å²) in [6.07, 6.45) is 4.06. The van der Waals surface area contributed by atoms with E-state index in [0.29, 0.717) is 6.42 Å². The molecule has 0 aliphatic rings. The fraction of sp³-hybridized carbons (Fsp3) is 0.385. The molecule has 16 heavy (non-hydrogen) atoms. The molecular formula is C13H19FU2. The Morgan fingerprint density at radius 3 is 2.38 bits per heavy atom. The van der Waals surface area contributed by atoms with E-state index in [9.17, 15) is 4.39 Å². The average Bonchev–Trinajstić information content (AvgIpc) is 2.16. The molecule has 0 bridgehead atoms. The van der Waals surface area contributed by atoms with Crippen molar-refractivity contribution in [1.29, 1.82) is 0 Å². The second kappa shape index (κ2) is 12.7. The number of benzene rings is 1. The Balaban J connectivity index is -0.000000563. The summed E-state index contributed by atoms with van der Waals surface area (Å²) >= 11 is 0. The molecular weight excluding hydrogens is 651 g/mol. The topological polar surface area (TPSA) is 0 Å². The fourth-order valence-electron chi connectivity index (χ4n) is 1.44. The number of aryl methyl sites for hydroxylation is 1. The van der Waals surface area contributed by atoms with Gasteiger partial charge in [0.15, 0.2) is 0 Å². The fourth-order valence-corrected chi connectivity index (χ4v) is 1.44. The van der Waals surface area contributed by atoms with Gasteiger partial charge in [0.2, 0.25) is 0 Å². The van der Waals surface area contributed by atoms with E-state index in [1.165, 1.54) is 24.5 Å². The molecule has 0 unspecified atom stereocenters. The van der Waals surface area contributed by atoms with Crippen LogP contribution in [0.5, 0.6) is 0 Å². The van der Waals surface area contributed by atoms with Gasteiger partial charge in [0, 0.05) is 31.1 Å². The van der Waals surface area contributed by atoms with Gasteiger partial charge in [0.25, 0.3) is 0 Å².